The number of anilines is 1. The first-order chi connectivity index (χ1) is 11.1. The SMILES string of the molecule is CCOc1ccc(NC(=O)CNC(=O)c2ccc(F)cc2)cc1. The molecule has 0 unspecified atom stereocenters. The Hall–Kier alpha value is -2.89. The van der Waals surface area contributed by atoms with Crippen LogP contribution in [-0.4, -0.2) is 25.0 Å². The van der Waals surface area contributed by atoms with Crippen molar-refractivity contribution < 1.29 is 18.7 Å². The summed E-state index contributed by atoms with van der Waals surface area (Å²) in [6.45, 7) is 2.28. The number of halogens is 1. The lowest BCUT2D eigenvalue weighted by atomic mass is 10.2. The maximum Gasteiger partial charge on any atom is 0.251 e. The molecule has 6 heteroatoms. The van der Waals surface area contributed by atoms with E-state index in [0.29, 0.717) is 17.9 Å². The van der Waals surface area contributed by atoms with Crippen LogP contribution < -0.4 is 15.4 Å². The van der Waals surface area contributed by atoms with Gasteiger partial charge in [-0.05, 0) is 55.5 Å². The summed E-state index contributed by atoms with van der Waals surface area (Å²) in [7, 11) is 0. The topological polar surface area (TPSA) is 67.4 Å². The molecule has 0 aromatic heterocycles. The molecule has 0 aliphatic heterocycles. The van der Waals surface area contributed by atoms with Crippen molar-refractivity contribution in [3.8, 4) is 5.75 Å². The van der Waals surface area contributed by atoms with Gasteiger partial charge in [-0.2, -0.15) is 0 Å². The Morgan fingerprint density at radius 3 is 2.30 bits per heavy atom. The van der Waals surface area contributed by atoms with Gasteiger partial charge in [-0.15, -0.1) is 0 Å². The van der Waals surface area contributed by atoms with E-state index in [4.69, 9.17) is 4.74 Å². The number of ether oxygens (including phenoxy) is 1. The molecular formula is C17H17FN2O3. The van der Waals surface area contributed by atoms with E-state index in [1.807, 2.05) is 6.92 Å². The molecule has 2 aromatic carbocycles. The Kier molecular flexibility index (Phi) is 5.68. The van der Waals surface area contributed by atoms with Crippen LogP contribution in [0.4, 0.5) is 10.1 Å². The summed E-state index contributed by atoms with van der Waals surface area (Å²) < 4.78 is 18.1. The molecule has 5 nitrogen and oxygen atoms in total. The first kappa shape index (κ1) is 16.5. The summed E-state index contributed by atoms with van der Waals surface area (Å²) in [5.74, 6) is -0.499. The molecule has 0 atom stereocenters. The van der Waals surface area contributed by atoms with Crippen LogP contribution in [-0.2, 0) is 4.79 Å². The predicted octanol–water partition coefficient (Wildman–Crippen LogP) is 2.59. The molecule has 0 aliphatic carbocycles. The second-order valence-corrected chi connectivity index (χ2v) is 4.70. The lowest BCUT2D eigenvalue weighted by molar-refractivity contribution is -0.115. The van der Waals surface area contributed by atoms with E-state index in [2.05, 4.69) is 10.6 Å². The zero-order valence-electron chi connectivity index (χ0n) is 12.6. The third-order valence-electron chi connectivity index (χ3n) is 2.96. The van der Waals surface area contributed by atoms with Gasteiger partial charge >= 0.3 is 0 Å². The van der Waals surface area contributed by atoms with Crippen molar-refractivity contribution in [3.05, 3.63) is 59.9 Å². The van der Waals surface area contributed by atoms with E-state index < -0.39 is 11.7 Å². The van der Waals surface area contributed by atoms with Crippen molar-refractivity contribution in [3.63, 3.8) is 0 Å². The Bertz CT molecular complexity index is 669. The van der Waals surface area contributed by atoms with Crippen LogP contribution in [0.15, 0.2) is 48.5 Å². The minimum Gasteiger partial charge on any atom is -0.494 e. The molecule has 0 heterocycles. The Morgan fingerprint density at radius 1 is 1.04 bits per heavy atom. The van der Waals surface area contributed by atoms with Crippen LogP contribution in [0.25, 0.3) is 0 Å². The standard InChI is InChI=1S/C17H17FN2O3/c1-2-23-15-9-7-14(8-10-15)20-16(21)11-19-17(22)12-3-5-13(18)6-4-12/h3-10H,2,11H2,1H3,(H,19,22)(H,20,21). The zero-order chi connectivity index (χ0) is 16.7. The van der Waals surface area contributed by atoms with Gasteiger partial charge in [0.1, 0.15) is 11.6 Å². The summed E-state index contributed by atoms with van der Waals surface area (Å²) in [5, 5.41) is 5.13. The molecule has 23 heavy (non-hydrogen) atoms. The summed E-state index contributed by atoms with van der Waals surface area (Å²) in [4.78, 5) is 23.6. The Labute approximate surface area is 133 Å². The number of rotatable bonds is 6. The van der Waals surface area contributed by atoms with Gasteiger partial charge in [-0.25, -0.2) is 4.39 Å². The van der Waals surface area contributed by atoms with E-state index >= 15 is 0 Å². The second-order valence-electron chi connectivity index (χ2n) is 4.70. The van der Waals surface area contributed by atoms with Gasteiger partial charge in [0.2, 0.25) is 5.91 Å². The van der Waals surface area contributed by atoms with E-state index in [0.717, 1.165) is 5.75 Å². The molecule has 0 saturated carbocycles. The molecule has 0 radical (unpaired) electrons. The minimum absolute atomic E-state index is 0.177. The van der Waals surface area contributed by atoms with Crippen LogP contribution in [0.2, 0.25) is 0 Å². The number of carbonyl (C=O) groups is 2. The first-order valence-electron chi connectivity index (χ1n) is 7.15. The predicted molar refractivity (Wildman–Crippen MR) is 85.0 cm³/mol. The van der Waals surface area contributed by atoms with Crippen LogP contribution >= 0.6 is 0 Å². The highest BCUT2D eigenvalue weighted by Gasteiger charge is 2.08. The maximum absolute atomic E-state index is 12.8. The first-order valence-corrected chi connectivity index (χ1v) is 7.15. The number of benzene rings is 2. The molecular weight excluding hydrogens is 299 g/mol. The van der Waals surface area contributed by atoms with E-state index in [9.17, 15) is 14.0 Å². The van der Waals surface area contributed by atoms with Gasteiger partial charge < -0.3 is 15.4 Å². The van der Waals surface area contributed by atoms with Gasteiger partial charge in [-0.3, -0.25) is 9.59 Å². The van der Waals surface area contributed by atoms with Crippen LogP contribution in [0, 0.1) is 5.82 Å². The van der Waals surface area contributed by atoms with Crippen LogP contribution in [0.3, 0.4) is 0 Å². The number of amides is 2. The third kappa shape index (κ3) is 5.10. The highest BCUT2D eigenvalue weighted by atomic mass is 19.1. The number of nitrogens with one attached hydrogen (secondary N) is 2. The van der Waals surface area contributed by atoms with E-state index in [1.165, 1.54) is 24.3 Å². The largest absolute Gasteiger partial charge is 0.494 e. The fourth-order valence-electron chi connectivity index (χ4n) is 1.87. The van der Waals surface area contributed by atoms with Crippen molar-refractivity contribution >= 4 is 17.5 Å². The monoisotopic (exact) mass is 316 g/mol. The van der Waals surface area contributed by atoms with E-state index in [-0.39, 0.29) is 12.5 Å². The molecule has 2 amide bonds. The van der Waals surface area contributed by atoms with E-state index in [1.54, 1.807) is 24.3 Å². The van der Waals surface area contributed by atoms with Gasteiger partial charge in [0.05, 0.1) is 13.2 Å². The number of hydrogen-bond acceptors (Lipinski definition) is 3. The molecule has 0 fully saturated rings. The molecule has 2 rings (SSSR count). The van der Waals surface area contributed by atoms with Crippen molar-refractivity contribution in [1.82, 2.24) is 5.32 Å². The molecule has 2 aromatic rings. The van der Waals surface area contributed by atoms with Crippen LogP contribution in [0.5, 0.6) is 5.75 Å². The minimum atomic E-state index is -0.438. The maximum atomic E-state index is 12.8. The molecule has 0 spiro atoms. The molecule has 0 bridgehead atoms. The smallest absolute Gasteiger partial charge is 0.251 e. The van der Waals surface area contributed by atoms with Crippen molar-refractivity contribution in [2.75, 3.05) is 18.5 Å². The molecule has 120 valence electrons. The highest BCUT2D eigenvalue weighted by Crippen LogP contribution is 2.15. The normalized spacial score (nSPS) is 10.0. The average Bonchev–Trinajstić information content (AvgIpc) is 2.55. The van der Waals surface area contributed by atoms with Gasteiger partial charge in [0.25, 0.3) is 5.91 Å². The average molecular weight is 316 g/mol. The number of hydrogen-bond donors (Lipinski definition) is 2. The quantitative estimate of drug-likeness (QED) is 0.861. The Morgan fingerprint density at radius 2 is 1.70 bits per heavy atom. The third-order valence-corrected chi connectivity index (χ3v) is 2.96. The van der Waals surface area contributed by atoms with Crippen molar-refractivity contribution in [1.29, 1.82) is 0 Å². The summed E-state index contributed by atoms with van der Waals surface area (Å²) in [5.41, 5.74) is 0.898. The zero-order valence-corrected chi connectivity index (χ0v) is 12.6. The van der Waals surface area contributed by atoms with Crippen LogP contribution in [0.1, 0.15) is 17.3 Å². The summed E-state index contributed by atoms with van der Waals surface area (Å²) >= 11 is 0. The fourth-order valence-corrected chi connectivity index (χ4v) is 1.87. The Balaban J connectivity index is 1.82. The second kappa shape index (κ2) is 7.93. The molecule has 2 N–H and O–H groups in total. The van der Waals surface area contributed by atoms with Gasteiger partial charge in [0.15, 0.2) is 0 Å². The summed E-state index contributed by atoms with van der Waals surface area (Å²) in [6, 6.07) is 12.0. The van der Waals surface area contributed by atoms with Gasteiger partial charge in [-0.1, -0.05) is 0 Å². The lowest BCUT2D eigenvalue weighted by Gasteiger charge is -2.08. The molecule has 0 saturated heterocycles. The lowest BCUT2D eigenvalue weighted by Crippen LogP contribution is -2.32. The summed E-state index contributed by atoms with van der Waals surface area (Å²) in [6.07, 6.45) is 0. The molecule has 0 aliphatic rings. The van der Waals surface area contributed by atoms with Crippen molar-refractivity contribution in [2.24, 2.45) is 0 Å². The fraction of sp³-hybridized carbons (Fsp3) is 0.176. The number of carbonyl (C=O) groups excluding carboxylic acids is 2. The van der Waals surface area contributed by atoms with Crippen molar-refractivity contribution in [2.45, 2.75) is 6.92 Å². The van der Waals surface area contributed by atoms with Gasteiger partial charge in [0, 0.05) is 11.3 Å². The highest BCUT2D eigenvalue weighted by molar-refractivity contribution is 5.99.